The molecule has 0 aliphatic heterocycles. The Hall–Kier alpha value is -2.09. The molecule has 0 atom stereocenters. The van der Waals surface area contributed by atoms with Gasteiger partial charge in [-0.05, 0) is 11.6 Å². The number of benzene rings is 1. The summed E-state index contributed by atoms with van der Waals surface area (Å²) in [5.41, 5.74) is 0.832. The van der Waals surface area contributed by atoms with Crippen molar-refractivity contribution in [2.24, 2.45) is 0 Å². The number of nitrogens with zero attached hydrogens (tertiary/aromatic N) is 2. The molecule has 1 aromatic rings. The molecule has 2 amide bonds. The van der Waals surface area contributed by atoms with E-state index in [1.165, 1.54) is 11.9 Å². The lowest BCUT2D eigenvalue weighted by molar-refractivity contribution is -0.140. The van der Waals surface area contributed by atoms with Gasteiger partial charge in [0.15, 0.2) is 0 Å². The van der Waals surface area contributed by atoms with E-state index in [1.807, 2.05) is 24.3 Å². The maximum atomic E-state index is 12.1. The van der Waals surface area contributed by atoms with Crippen molar-refractivity contribution in [3.05, 3.63) is 34.3 Å². The molecule has 0 heterocycles. The minimum atomic E-state index is -1.26. The zero-order valence-electron chi connectivity index (χ0n) is 11.3. The van der Waals surface area contributed by atoms with Gasteiger partial charge in [0.2, 0.25) is 0 Å². The van der Waals surface area contributed by atoms with E-state index in [4.69, 9.17) is 10.2 Å². The number of hydrogen-bond donors (Lipinski definition) is 2. The monoisotopic (exact) mass is 358 g/mol. The Balaban J connectivity index is 2.80. The number of carbonyl (C=O) groups is 3. The van der Waals surface area contributed by atoms with Crippen LogP contribution >= 0.6 is 15.9 Å². The maximum absolute atomic E-state index is 12.1. The van der Waals surface area contributed by atoms with Gasteiger partial charge >= 0.3 is 18.0 Å². The van der Waals surface area contributed by atoms with Crippen LogP contribution in [0.1, 0.15) is 5.56 Å². The zero-order valence-corrected chi connectivity index (χ0v) is 12.9. The van der Waals surface area contributed by atoms with Crippen molar-refractivity contribution >= 4 is 33.9 Å². The summed E-state index contributed by atoms with van der Waals surface area (Å²) in [5, 5.41) is 17.5. The molecule has 7 nitrogen and oxygen atoms in total. The highest BCUT2D eigenvalue weighted by Gasteiger charge is 2.23. The molecule has 0 fully saturated rings. The van der Waals surface area contributed by atoms with Crippen molar-refractivity contribution in [2.45, 2.75) is 6.54 Å². The van der Waals surface area contributed by atoms with Crippen LogP contribution in [0.4, 0.5) is 4.79 Å². The first-order valence-electron chi connectivity index (χ1n) is 5.98. The first-order chi connectivity index (χ1) is 9.81. The van der Waals surface area contributed by atoms with Crippen molar-refractivity contribution in [3.8, 4) is 0 Å². The zero-order chi connectivity index (χ0) is 16.0. The van der Waals surface area contributed by atoms with Crippen molar-refractivity contribution < 1.29 is 24.6 Å². The van der Waals surface area contributed by atoms with E-state index in [0.717, 1.165) is 14.9 Å². The van der Waals surface area contributed by atoms with Crippen LogP contribution in [0.15, 0.2) is 28.7 Å². The molecule has 0 saturated carbocycles. The molecule has 1 rings (SSSR count). The summed E-state index contributed by atoms with van der Waals surface area (Å²) in [4.78, 5) is 35.6. The van der Waals surface area contributed by atoms with E-state index in [-0.39, 0.29) is 6.54 Å². The molecule has 1 aromatic carbocycles. The lowest BCUT2D eigenvalue weighted by Gasteiger charge is -2.26. The molecule has 0 unspecified atom stereocenters. The Morgan fingerprint density at radius 1 is 1.10 bits per heavy atom. The number of carbonyl (C=O) groups excluding carboxylic acids is 1. The number of amides is 2. The molecule has 0 aliphatic carbocycles. The largest absolute Gasteiger partial charge is 0.480 e. The van der Waals surface area contributed by atoms with Crippen LogP contribution in [0.25, 0.3) is 0 Å². The fraction of sp³-hybridized carbons (Fsp3) is 0.308. The van der Waals surface area contributed by atoms with Crippen LogP contribution in [0.2, 0.25) is 0 Å². The third kappa shape index (κ3) is 5.42. The van der Waals surface area contributed by atoms with Crippen LogP contribution < -0.4 is 0 Å². The van der Waals surface area contributed by atoms with Gasteiger partial charge in [0, 0.05) is 18.1 Å². The van der Waals surface area contributed by atoms with E-state index in [0.29, 0.717) is 0 Å². The maximum Gasteiger partial charge on any atom is 0.323 e. The number of carboxylic acid groups (broad SMARTS) is 2. The molecule has 0 saturated heterocycles. The Labute approximate surface area is 129 Å². The molecule has 114 valence electrons. The summed E-state index contributed by atoms with van der Waals surface area (Å²) < 4.78 is 0.813. The second-order valence-corrected chi connectivity index (χ2v) is 5.23. The van der Waals surface area contributed by atoms with Crippen LogP contribution in [0.5, 0.6) is 0 Å². The van der Waals surface area contributed by atoms with Gasteiger partial charge < -0.3 is 20.0 Å². The van der Waals surface area contributed by atoms with Gasteiger partial charge in [-0.25, -0.2) is 4.79 Å². The van der Waals surface area contributed by atoms with Crippen LogP contribution in [0, 0.1) is 0 Å². The van der Waals surface area contributed by atoms with E-state index < -0.39 is 31.1 Å². The minimum Gasteiger partial charge on any atom is -0.480 e. The summed E-state index contributed by atoms with van der Waals surface area (Å²) in [6.07, 6.45) is 0. The minimum absolute atomic E-state index is 0.232. The topological polar surface area (TPSA) is 98.2 Å². The number of aliphatic carboxylic acids is 2. The number of carboxylic acids is 2. The highest BCUT2D eigenvalue weighted by atomic mass is 79.9. The highest BCUT2D eigenvalue weighted by Crippen LogP contribution is 2.17. The standard InChI is InChI=1S/C13H15BrN2O5/c1-15(6-9-4-2-3-5-10(9)14)13(21)16(7-11(17)18)8-12(19)20/h2-5H,6-8H2,1H3,(H,17,18)(H,19,20). The molecule has 0 aromatic heterocycles. The Morgan fingerprint density at radius 3 is 2.10 bits per heavy atom. The van der Waals surface area contributed by atoms with Gasteiger partial charge in [-0.15, -0.1) is 0 Å². The van der Waals surface area contributed by atoms with E-state index in [1.54, 1.807) is 0 Å². The average molecular weight is 359 g/mol. The van der Waals surface area contributed by atoms with E-state index in [2.05, 4.69) is 15.9 Å². The summed E-state index contributed by atoms with van der Waals surface area (Å²) in [5.74, 6) is -2.53. The Kier molecular flexibility index (Phi) is 6.16. The fourth-order valence-corrected chi connectivity index (χ4v) is 2.12. The second kappa shape index (κ2) is 7.63. The molecular formula is C13H15BrN2O5. The van der Waals surface area contributed by atoms with Gasteiger partial charge in [0.25, 0.3) is 0 Å². The molecule has 8 heteroatoms. The summed E-state index contributed by atoms with van der Waals surface area (Å²) in [6.45, 7) is -1.09. The number of urea groups is 1. The number of halogens is 1. The van der Waals surface area contributed by atoms with Crippen molar-refractivity contribution in [2.75, 3.05) is 20.1 Å². The lowest BCUT2D eigenvalue weighted by Crippen LogP contribution is -2.45. The molecule has 0 spiro atoms. The quantitative estimate of drug-likeness (QED) is 0.802. The molecule has 0 radical (unpaired) electrons. The molecule has 21 heavy (non-hydrogen) atoms. The lowest BCUT2D eigenvalue weighted by atomic mass is 10.2. The van der Waals surface area contributed by atoms with Gasteiger partial charge in [0.1, 0.15) is 13.1 Å². The Morgan fingerprint density at radius 2 is 1.62 bits per heavy atom. The SMILES string of the molecule is CN(Cc1ccccc1Br)C(=O)N(CC(=O)O)CC(=O)O. The van der Waals surface area contributed by atoms with Crippen LogP contribution in [0.3, 0.4) is 0 Å². The highest BCUT2D eigenvalue weighted by molar-refractivity contribution is 9.10. The van der Waals surface area contributed by atoms with Gasteiger partial charge in [-0.1, -0.05) is 34.1 Å². The van der Waals surface area contributed by atoms with Gasteiger partial charge in [-0.2, -0.15) is 0 Å². The molecule has 2 N–H and O–H groups in total. The smallest absolute Gasteiger partial charge is 0.323 e. The van der Waals surface area contributed by atoms with Gasteiger partial charge in [0.05, 0.1) is 0 Å². The Bertz CT molecular complexity index is 533. The molecule has 0 bridgehead atoms. The predicted octanol–water partition coefficient (Wildman–Crippen LogP) is 1.47. The predicted molar refractivity (Wildman–Crippen MR) is 77.8 cm³/mol. The number of hydrogen-bond acceptors (Lipinski definition) is 3. The van der Waals surface area contributed by atoms with Crippen molar-refractivity contribution in [1.82, 2.24) is 9.80 Å². The third-order valence-electron chi connectivity index (χ3n) is 2.61. The van der Waals surface area contributed by atoms with Gasteiger partial charge in [-0.3, -0.25) is 9.59 Å². The second-order valence-electron chi connectivity index (χ2n) is 4.37. The average Bonchev–Trinajstić information content (AvgIpc) is 2.38. The third-order valence-corrected chi connectivity index (χ3v) is 3.39. The summed E-state index contributed by atoms with van der Waals surface area (Å²) in [7, 11) is 1.48. The van der Waals surface area contributed by atoms with Crippen LogP contribution in [-0.4, -0.2) is 58.1 Å². The summed E-state index contributed by atoms with van der Waals surface area (Å²) >= 11 is 3.35. The molecular weight excluding hydrogens is 344 g/mol. The van der Waals surface area contributed by atoms with E-state index in [9.17, 15) is 14.4 Å². The van der Waals surface area contributed by atoms with E-state index >= 15 is 0 Å². The fourth-order valence-electron chi connectivity index (χ4n) is 1.71. The first-order valence-corrected chi connectivity index (χ1v) is 6.77. The normalized spacial score (nSPS) is 10.0. The first kappa shape index (κ1) is 17.0. The molecule has 0 aliphatic rings. The van der Waals surface area contributed by atoms with Crippen molar-refractivity contribution in [3.63, 3.8) is 0 Å². The number of rotatable bonds is 6. The van der Waals surface area contributed by atoms with Crippen molar-refractivity contribution in [1.29, 1.82) is 0 Å². The van der Waals surface area contributed by atoms with Crippen LogP contribution in [-0.2, 0) is 16.1 Å². The summed E-state index contributed by atoms with van der Waals surface area (Å²) in [6, 6.07) is 6.61.